The molecule has 11 heteroatoms. The van der Waals surface area contributed by atoms with Crippen molar-refractivity contribution in [1.29, 1.82) is 0 Å². The van der Waals surface area contributed by atoms with Gasteiger partial charge >= 0.3 is 5.97 Å². The fourth-order valence-electron chi connectivity index (χ4n) is 3.31. The molecule has 1 aliphatic heterocycles. The molecule has 160 valence electrons. The number of hydrogen-bond donors (Lipinski definition) is 0. The Kier molecular flexibility index (Phi) is 6.60. The van der Waals surface area contributed by atoms with Gasteiger partial charge in [-0.3, -0.25) is 4.79 Å². The summed E-state index contributed by atoms with van der Waals surface area (Å²) in [5.41, 5.74) is 0.792. The van der Waals surface area contributed by atoms with Gasteiger partial charge in [-0.15, -0.1) is 5.10 Å². The number of nitrogens with zero attached hydrogens (tertiary/aromatic N) is 5. The van der Waals surface area contributed by atoms with Crippen molar-refractivity contribution in [3.8, 4) is 0 Å². The number of carbonyl (C=O) groups is 2. The predicted molar refractivity (Wildman–Crippen MR) is 109 cm³/mol. The Balaban J connectivity index is 1.74. The number of ether oxygens (including phenoxy) is 1. The van der Waals surface area contributed by atoms with Crippen LogP contribution in [0.2, 0.25) is 0 Å². The van der Waals surface area contributed by atoms with Crippen LogP contribution in [-0.4, -0.2) is 76.1 Å². The number of aromatic nitrogens is 4. The van der Waals surface area contributed by atoms with Crippen LogP contribution < -0.4 is 0 Å². The van der Waals surface area contributed by atoms with E-state index in [0.717, 1.165) is 5.56 Å². The maximum absolute atomic E-state index is 12.8. The zero-order valence-corrected chi connectivity index (χ0v) is 17.6. The summed E-state index contributed by atoms with van der Waals surface area (Å²) >= 11 is 0. The highest BCUT2D eigenvalue weighted by molar-refractivity contribution is 7.91. The molecule has 1 atom stereocenters. The van der Waals surface area contributed by atoms with E-state index < -0.39 is 34.4 Å². The first kappa shape index (κ1) is 21.6. The smallest absolute Gasteiger partial charge is 0.357 e. The molecule has 0 bridgehead atoms. The number of sulfone groups is 1. The summed E-state index contributed by atoms with van der Waals surface area (Å²) in [7, 11) is -3.13. The van der Waals surface area contributed by atoms with E-state index in [9.17, 15) is 18.0 Å². The Labute approximate surface area is 174 Å². The molecule has 2 aromatic rings. The first-order valence-electron chi connectivity index (χ1n) is 9.50. The minimum Gasteiger partial charge on any atom is -0.451 e. The van der Waals surface area contributed by atoms with Crippen LogP contribution in [0.3, 0.4) is 0 Å². The van der Waals surface area contributed by atoms with Gasteiger partial charge in [0.2, 0.25) is 0 Å². The normalized spacial score (nSPS) is 18.2. The molecule has 0 spiro atoms. The van der Waals surface area contributed by atoms with Gasteiger partial charge in [-0.05, 0) is 42.3 Å². The number of carbonyl (C=O) groups excluding carboxylic acids is 2. The van der Waals surface area contributed by atoms with Gasteiger partial charge < -0.3 is 9.64 Å². The fraction of sp³-hybridized carbons (Fsp3) is 0.421. The second kappa shape index (κ2) is 9.16. The molecule has 10 nitrogen and oxygen atoms in total. The lowest BCUT2D eigenvalue weighted by Gasteiger charge is -2.26. The molecular formula is C19H23N5O5S. The van der Waals surface area contributed by atoms with Crippen LogP contribution >= 0.6 is 0 Å². The van der Waals surface area contributed by atoms with Gasteiger partial charge in [0.15, 0.2) is 28.0 Å². The highest BCUT2D eigenvalue weighted by atomic mass is 32.2. The second-order valence-electron chi connectivity index (χ2n) is 6.89. The molecule has 30 heavy (non-hydrogen) atoms. The Morgan fingerprint density at radius 1 is 1.30 bits per heavy atom. The molecule has 1 saturated heterocycles. The van der Waals surface area contributed by atoms with Gasteiger partial charge in [0.1, 0.15) is 0 Å². The molecule has 2 heterocycles. The number of amides is 1. The maximum Gasteiger partial charge on any atom is 0.357 e. The number of tetrazole rings is 1. The molecule has 1 aliphatic rings. The number of hydrogen-bond acceptors (Lipinski definition) is 8. The summed E-state index contributed by atoms with van der Waals surface area (Å²) in [4.78, 5) is 26.8. The zero-order valence-electron chi connectivity index (χ0n) is 16.8. The molecule has 0 radical (unpaired) electrons. The Morgan fingerprint density at radius 3 is 2.60 bits per heavy atom. The van der Waals surface area contributed by atoms with Crippen molar-refractivity contribution in [1.82, 2.24) is 25.1 Å². The lowest BCUT2D eigenvalue weighted by molar-refractivity contribution is -0.148. The predicted octanol–water partition coefficient (Wildman–Crippen LogP) is 0.558. The molecule has 0 N–H and O–H groups in total. The van der Waals surface area contributed by atoms with E-state index in [1.807, 2.05) is 18.2 Å². The van der Waals surface area contributed by atoms with Gasteiger partial charge in [0.25, 0.3) is 5.91 Å². The summed E-state index contributed by atoms with van der Waals surface area (Å²) in [6.45, 7) is 3.22. The van der Waals surface area contributed by atoms with E-state index in [-0.39, 0.29) is 17.2 Å². The van der Waals surface area contributed by atoms with Crippen LogP contribution in [0.4, 0.5) is 0 Å². The minimum atomic E-state index is -3.13. The van der Waals surface area contributed by atoms with Crippen molar-refractivity contribution in [2.75, 3.05) is 24.7 Å². The molecule has 0 aliphatic carbocycles. The first-order chi connectivity index (χ1) is 14.3. The van der Waals surface area contributed by atoms with Crippen molar-refractivity contribution in [3.63, 3.8) is 0 Å². The minimum absolute atomic E-state index is 0.0583. The summed E-state index contributed by atoms with van der Waals surface area (Å²) < 4.78 is 29.9. The molecule has 3 rings (SSSR count). The van der Waals surface area contributed by atoms with Crippen LogP contribution in [0.25, 0.3) is 11.8 Å². The van der Waals surface area contributed by atoms with E-state index in [1.54, 1.807) is 32.1 Å². The summed E-state index contributed by atoms with van der Waals surface area (Å²) in [6, 6.07) is 8.69. The maximum atomic E-state index is 12.8. The quantitative estimate of drug-likeness (QED) is 0.458. The molecule has 1 aromatic heterocycles. The molecular weight excluding hydrogens is 410 g/mol. The van der Waals surface area contributed by atoms with Gasteiger partial charge in [0.05, 0.1) is 11.5 Å². The van der Waals surface area contributed by atoms with Gasteiger partial charge in [-0.1, -0.05) is 30.3 Å². The average Bonchev–Trinajstić information content (AvgIpc) is 3.30. The number of rotatable bonds is 7. The van der Waals surface area contributed by atoms with E-state index in [0.29, 0.717) is 18.8 Å². The zero-order chi connectivity index (χ0) is 21.7. The Morgan fingerprint density at radius 2 is 2.03 bits per heavy atom. The fourth-order valence-corrected chi connectivity index (χ4v) is 5.04. The van der Waals surface area contributed by atoms with Gasteiger partial charge in [0, 0.05) is 12.6 Å². The Hall–Kier alpha value is -3.08. The number of esters is 1. The molecule has 1 unspecified atom stereocenters. The number of aryl methyl sites for hydroxylation is 1. The lowest BCUT2D eigenvalue weighted by atomic mass is 10.2. The molecule has 1 amide bonds. The summed E-state index contributed by atoms with van der Waals surface area (Å²) in [5, 5.41) is 11.2. The SMILES string of the molecule is CCN(C(=O)COC(=O)/C(=C/c1ccccc1)n1nnnc1C)C1CCS(=O)(=O)C1. The van der Waals surface area contributed by atoms with Crippen molar-refractivity contribution in [3.05, 3.63) is 41.7 Å². The van der Waals surface area contributed by atoms with Crippen LogP contribution in [0, 0.1) is 6.92 Å². The van der Waals surface area contributed by atoms with Crippen molar-refractivity contribution < 1.29 is 22.7 Å². The van der Waals surface area contributed by atoms with Gasteiger partial charge in [-0.25, -0.2) is 13.2 Å². The third kappa shape index (κ3) is 5.09. The third-order valence-electron chi connectivity index (χ3n) is 4.80. The van der Waals surface area contributed by atoms with Crippen LogP contribution in [0.5, 0.6) is 0 Å². The second-order valence-corrected chi connectivity index (χ2v) is 9.12. The topological polar surface area (TPSA) is 124 Å². The van der Waals surface area contributed by atoms with Crippen LogP contribution in [-0.2, 0) is 24.2 Å². The van der Waals surface area contributed by atoms with Crippen LogP contribution in [0.15, 0.2) is 30.3 Å². The van der Waals surface area contributed by atoms with Crippen molar-refractivity contribution >= 4 is 33.5 Å². The average molecular weight is 433 g/mol. The highest BCUT2D eigenvalue weighted by Crippen LogP contribution is 2.18. The van der Waals surface area contributed by atoms with E-state index in [1.165, 1.54) is 9.58 Å². The van der Waals surface area contributed by atoms with Crippen molar-refractivity contribution in [2.24, 2.45) is 0 Å². The largest absolute Gasteiger partial charge is 0.451 e. The first-order valence-corrected chi connectivity index (χ1v) is 11.3. The number of likely N-dealkylation sites (N-methyl/N-ethyl adjacent to an activating group) is 1. The summed E-state index contributed by atoms with van der Waals surface area (Å²) in [6.07, 6.45) is 1.95. The van der Waals surface area contributed by atoms with E-state index >= 15 is 0 Å². The van der Waals surface area contributed by atoms with Crippen LogP contribution in [0.1, 0.15) is 24.7 Å². The molecule has 0 saturated carbocycles. The number of benzene rings is 1. The lowest BCUT2D eigenvalue weighted by Crippen LogP contribution is -2.43. The monoisotopic (exact) mass is 433 g/mol. The summed E-state index contributed by atoms with van der Waals surface area (Å²) in [5.74, 6) is -0.835. The third-order valence-corrected chi connectivity index (χ3v) is 6.55. The van der Waals surface area contributed by atoms with E-state index in [4.69, 9.17) is 4.74 Å². The molecule has 1 fully saturated rings. The van der Waals surface area contributed by atoms with Gasteiger partial charge in [-0.2, -0.15) is 4.68 Å². The standard InChI is InChI=1S/C19H23N5O5S/c1-3-23(16-9-10-30(27,28)13-16)18(25)12-29-19(26)17(24-14(2)20-21-22-24)11-15-7-5-4-6-8-15/h4-8,11,16H,3,9-10,12-13H2,1-2H3/b17-11-. The van der Waals surface area contributed by atoms with Crippen molar-refractivity contribution in [2.45, 2.75) is 26.3 Å². The van der Waals surface area contributed by atoms with E-state index in [2.05, 4.69) is 15.5 Å². The Bertz CT molecular complexity index is 1050. The highest BCUT2D eigenvalue weighted by Gasteiger charge is 2.34. The molecule has 1 aromatic carbocycles.